The topological polar surface area (TPSA) is 38.3 Å². The van der Waals surface area contributed by atoms with E-state index in [9.17, 15) is 4.79 Å². The number of carbonyl (C=O) groups excluding carboxylic acids is 1. The van der Waals surface area contributed by atoms with Crippen molar-refractivity contribution in [1.82, 2.24) is 0 Å². The Bertz CT molecular complexity index is 656. The fourth-order valence-electron chi connectivity index (χ4n) is 1.78. The number of amides is 1. The Balaban J connectivity index is 2.18. The maximum absolute atomic E-state index is 12.2. The second kappa shape index (κ2) is 6.83. The normalized spacial score (nSPS) is 10.5. The van der Waals surface area contributed by atoms with Crippen molar-refractivity contribution in [2.24, 2.45) is 0 Å². The molecule has 0 aliphatic heterocycles. The van der Waals surface area contributed by atoms with E-state index < -0.39 is 0 Å². The summed E-state index contributed by atoms with van der Waals surface area (Å²) in [6.45, 7) is 3.86. The summed E-state index contributed by atoms with van der Waals surface area (Å²) >= 11 is 12.0. The van der Waals surface area contributed by atoms with Gasteiger partial charge >= 0.3 is 0 Å². The van der Waals surface area contributed by atoms with Gasteiger partial charge in [-0.1, -0.05) is 35.3 Å². The third-order valence-electron chi connectivity index (χ3n) is 2.67. The van der Waals surface area contributed by atoms with E-state index >= 15 is 0 Å². The van der Waals surface area contributed by atoms with E-state index in [2.05, 4.69) is 5.32 Å². The number of hydrogen-bond acceptors (Lipinski definition) is 2. The Kier molecular flexibility index (Phi) is 5.10. The zero-order chi connectivity index (χ0) is 15.4. The molecule has 2 aromatic carbocycles. The summed E-state index contributed by atoms with van der Waals surface area (Å²) in [5, 5.41) is 3.45. The van der Waals surface area contributed by atoms with Crippen molar-refractivity contribution in [2.75, 3.05) is 5.32 Å². The Morgan fingerprint density at radius 3 is 2.57 bits per heavy atom. The zero-order valence-corrected chi connectivity index (χ0v) is 13.2. The monoisotopic (exact) mass is 323 g/mol. The highest BCUT2D eigenvalue weighted by Crippen LogP contribution is 2.30. The van der Waals surface area contributed by atoms with Crippen LogP contribution in [-0.2, 0) is 0 Å². The van der Waals surface area contributed by atoms with Crippen molar-refractivity contribution in [3.63, 3.8) is 0 Å². The number of hydrogen-bond donors (Lipinski definition) is 1. The first-order valence-corrected chi connectivity index (χ1v) is 7.25. The first-order chi connectivity index (χ1) is 9.97. The molecule has 3 nitrogen and oxygen atoms in total. The number of nitrogens with one attached hydrogen (secondary N) is 1. The molecule has 0 radical (unpaired) electrons. The predicted molar refractivity (Wildman–Crippen MR) is 86.6 cm³/mol. The van der Waals surface area contributed by atoms with Crippen molar-refractivity contribution in [3.8, 4) is 5.75 Å². The van der Waals surface area contributed by atoms with Gasteiger partial charge in [-0.25, -0.2) is 0 Å². The van der Waals surface area contributed by atoms with Crippen LogP contribution >= 0.6 is 23.2 Å². The Hall–Kier alpha value is -1.71. The zero-order valence-electron chi connectivity index (χ0n) is 11.7. The molecule has 21 heavy (non-hydrogen) atoms. The van der Waals surface area contributed by atoms with Gasteiger partial charge in [-0.2, -0.15) is 0 Å². The summed E-state index contributed by atoms with van der Waals surface area (Å²) in [5.74, 6) is 0.378. The van der Waals surface area contributed by atoms with Gasteiger partial charge in [0.1, 0.15) is 5.75 Å². The molecule has 0 aromatic heterocycles. The van der Waals surface area contributed by atoms with Crippen LogP contribution < -0.4 is 10.1 Å². The summed E-state index contributed by atoms with van der Waals surface area (Å²) < 4.78 is 5.57. The summed E-state index contributed by atoms with van der Waals surface area (Å²) in [6.07, 6.45) is 0.0469. The van der Waals surface area contributed by atoms with E-state index in [1.165, 1.54) is 0 Å². The standard InChI is InChI=1S/C16H15Cl2NO2/c1-10(2)21-12-6-3-5-11(9-12)16(20)19-14-8-4-7-13(17)15(14)18/h3-10H,1-2H3,(H,19,20). The highest BCUT2D eigenvalue weighted by Gasteiger charge is 2.11. The van der Waals surface area contributed by atoms with Crippen LogP contribution in [0.4, 0.5) is 5.69 Å². The molecule has 0 saturated carbocycles. The van der Waals surface area contributed by atoms with Gasteiger partial charge in [0.15, 0.2) is 0 Å². The van der Waals surface area contributed by atoms with Gasteiger partial charge in [-0.3, -0.25) is 4.79 Å². The SMILES string of the molecule is CC(C)Oc1cccc(C(=O)Nc2cccc(Cl)c2Cl)c1. The van der Waals surface area contributed by atoms with Crippen molar-refractivity contribution < 1.29 is 9.53 Å². The number of benzene rings is 2. The second-order valence-corrected chi connectivity index (χ2v) is 5.54. The molecule has 0 atom stereocenters. The summed E-state index contributed by atoms with van der Waals surface area (Å²) in [7, 11) is 0. The lowest BCUT2D eigenvalue weighted by molar-refractivity contribution is 0.102. The van der Waals surface area contributed by atoms with Gasteiger partial charge in [-0.15, -0.1) is 0 Å². The second-order valence-electron chi connectivity index (χ2n) is 4.75. The molecule has 1 amide bonds. The van der Waals surface area contributed by atoms with Crippen LogP contribution in [0.25, 0.3) is 0 Å². The number of carbonyl (C=O) groups is 1. The summed E-state index contributed by atoms with van der Waals surface area (Å²) in [5.41, 5.74) is 0.966. The van der Waals surface area contributed by atoms with Crippen LogP contribution in [-0.4, -0.2) is 12.0 Å². The molecule has 5 heteroatoms. The van der Waals surface area contributed by atoms with Crippen molar-refractivity contribution in [2.45, 2.75) is 20.0 Å². The molecular formula is C16H15Cl2NO2. The molecule has 0 spiro atoms. The predicted octanol–water partition coefficient (Wildman–Crippen LogP) is 5.03. The molecule has 0 unspecified atom stereocenters. The summed E-state index contributed by atoms with van der Waals surface area (Å²) in [4.78, 5) is 12.2. The smallest absolute Gasteiger partial charge is 0.255 e. The first-order valence-electron chi connectivity index (χ1n) is 6.49. The van der Waals surface area contributed by atoms with Crippen LogP contribution in [0.2, 0.25) is 10.0 Å². The number of anilines is 1. The highest BCUT2D eigenvalue weighted by molar-refractivity contribution is 6.44. The number of ether oxygens (including phenoxy) is 1. The fourth-order valence-corrected chi connectivity index (χ4v) is 2.13. The maximum atomic E-state index is 12.2. The lowest BCUT2D eigenvalue weighted by Gasteiger charge is -2.11. The molecule has 0 heterocycles. The highest BCUT2D eigenvalue weighted by atomic mass is 35.5. The maximum Gasteiger partial charge on any atom is 0.255 e. The Morgan fingerprint density at radius 1 is 1.14 bits per heavy atom. The van der Waals surface area contributed by atoms with E-state index in [-0.39, 0.29) is 12.0 Å². The van der Waals surface area contributed by atoms with E-state index in [0.29, 0.717) is 27.0 Å². The van der Waals surface area contributed by atoms with E-state index in [4.69, 9.17) is 27.9 Å². The van der Waals surface area contributed by atoms with Crippen molar-refractivity contribution in [1.29, 1.82) is 0 Å². The minimum atomic E-state index is -0.270. The van der Waals surface area contributed by atoms with E-state index in [1.807, 2.05) is 19.9 Å². The molecule has 2 aromatic rings. The molecule has 0 bridgehead atoms. The third-order valence-corrected chi connectivity index (χ3v) is 3.49. The quantitative estimate of drug-likeness (QED) is 0.856. The molecule has 110 valence electrons. The molecule has 0 aliphatic carbocycles. The molecule has 0 saturated heterocycles. The van der Waals surface area contributed by atoms with Gasteiger partial charge in [0.05, 0.1) is 21.8 Å². The van der Waals surface area contributed by atoms with Crippen LogP contribution in [0.1, 0.15) is 24.2 Å². The average Bonchev–Trinajstić information content (AvgIpc) is 2.43. The molecular weight excluding hydrogens is 309 g/mol. The lowest BCUT2D eigenvalue weighted by Crippen LogP contribution is -2.13. The van der Waals surface area contributed by atoms with E-state index in [1.54, 1.807) is 36.4 Å². The van der Waals surface area contributed by atoms with Crippen LogP contribution in [0.3, 0.4) is 0 Å². The third kappa shape index (κ3) is 4.13. The van der Waals surface area contributed by atoms with Gasteiger partial charge in [0, 0.05) is 5.56 Å². The van der Waals surface area contributed by atoms with Crippen molar-refractivity contribution >= 4 is 34.8 Å². The first kappa shape index (κ1) is 15.7. The Labute approximate surface area is 133 Å². The molecule has 1 N–H and O–H groups in total. The largest absolute Gasteiger partial charge is 0.491 e. The van der Waals surface area contributed by atoms with Crippen LogP contribution in [0.5, 0.6) is 5.75 Å². The average molecular weight is 324 g/mol. The lowest BCUT2D eigenvalue weighted by atomic mass is 10.2. The molecule has 2 rings (SSSR count). The number of halogens is 2. The van der Waals surface area contributed by atoms with Gasteiger partial charge < -0.3 is 10.1 Å². The molecule has 0 aliphatic rings. The van der Waals surface area contributed by atoms with Gasteiger partial charge in [0.2, 0.25) is 0 Å². The van der Waals surface area contributed by atoms with E-state index in [0.717, 1.165) is 0 Å². The number of rotatable bonds is 4. The Morgan fingerprint density at radius 2 is 1.86 bits per heavy atom. The summed E-state index contributed by atoms with van der Waals surface area (Å²) in [6, 6.07) is 12.1. The molecule has 0 fully saturated rings. The van der Waals surface area contributed by atoms with Gasteiger partial charge in [0.25, 0.3) is 5.91 Å². The van der Waals surface area contributed by atoms with Gasteiger partial charge in [-0.05, 0) is 44.2 Å². The minimum absolute atomic E-state index is 0.0469. The van der Waals surface area contributed by atoms with Crippen molar-refractivity contribution in [3.05, 3.63) is 58.1 Å². The van der Waals surface area contributed by atoms with Crippen LogP contribution in [0, 0.1) is 0 Å². The van der Waals surface area contributed by atoms with Crippen LogP contribution in [0.15, 0.2) is 42.5 Å². The fraction of sp³-hybridized carbons (Fsp3) is 0.188. The minimum Gasteiger partial charge on any atom is -0.491 e.